The minimum Gasteiger partial charge on any atom is -0.457 e. The van der Waals surface area contributed by atoms with Crippen LogP contribution in [0.1, 0.15) is 146 Å². The summed E-state index contributed by atoms with van der Waals surface area (Å²) in [4.78, 5) is 14.0. The van der Waals surface area contributed by atoms with Crippen molar-refractivity contribution in [3.05, 3.63) is 89.0 Å². The first-order chi connectivity index (χ1) is 23.3. The number of nitrogens with one attached hydrogen (secondary N) is 1. The smallest absolute Gasteiger partial charge is 0.225 e. The van der Waals surface area contributed by atoms with E-state index in [1.54, 1.807) is 0 Å². The number of carbonyl (C=O) groups is 1. The van der Waals surface area contributed by atoms with Gasteiger partial charge in [0.1, 0.15) is 11.5 Å². The summed E-state index contributed by atoms with van der Waals surface area (Å²) in [6.45, 7) is 18.4. The van der Waals surface area contributed by atoms with Crippen LogP contribution in [0.3, 0.4) is 0 Å². The average Bonchev–Trinajstić information content (AvgIpc) is 3.04. The van der Waals surface area contributed by atoms with Crippen LogP contribution in [0.2, 0.25) is 13.1 Å². The Morgan fingerprint density at radius 2 is 1.51 bits per heavy atom. The maximum Gasteiger partial charge on any atom is 0.225 e. The maximum atomic E-state index is 14.0. The van der Waals surface area contributed by atoms with Crippen molar-refractivity contribution in [2.45, 2.75) is 143 Å². The van der Waals surface area contributed by atoms with Crippen LogP contribution in [0.25, 0.3) is 0 Å². The van der Waals surface area contributed by atoms with Crippen molar-refractivity contribution in [1.29, 1.82) is 0 Å². The van der Waals surface area contributed by atoms with Gasteiger partial charge >= 0.3 is 0 Å². The minimum atomic E-state index is -0.957. The summed E-state index contributed by atoms with van der Waals surface area (Å²) in [7, 11) is -0.957. The van der Waals surface area contributed by atoms with Crippen molar-refractivity contribution in [3.63, 3.8) is 0 Å². The normalized spacial score (nSPS) is 16.8. The first-order valence-corrected chi connectivity index (χ1v) is 21.5. The van der Waals surface area contributed by atoms with Crippen LogP contribution in [-0.4, -0.2) is 14.9 Å². The van der Waals surface area contributed by atoms with Gasteiger partial charge < -0.3 is 14.5 Å². The van der Waals surface area contributed by atoms with E-state index in [-0.39, 0.29) is 28.8 Å². The second-order valence-electron chi connectivity index (χ2n) is 17.1. The van der Waals surface area contributed by atoms with Gasteiger partial charge in [0, 0.05) is 29.2 Å². The summed E-state index contributed by atoms with van der Waals surface area (Å²) in [5.41, 5.74) is 5.39. The van der Waals surface area contributed by atoms with Crippen molar-refractivity contribution in [1.82, 2.24) is 0 Å². The van der Waals surface area contributed by atoms with Gasteiger partial charge in [0.2, 0.25) is 14.9 Å². The van der Waals surface area contributed by atoms with Crippen LogP contribution in [-0.2, 0) is 14.6 Å². The molecule has 5 heteroatoms. The number of hydrogen-bond acceptors (Lipinski definition) is 3. The third-order valence-corrected chi connectivity index (χ3v) is 11.7. The van der Waals surface area contributed by atoms with E-state index in [1.807, 2.05) is 36.4 Å². The average molecular weight is 681 g/mol. The number of benzene rings is 3. The molecule has 3 aromatic rings. The van der Waals surface area contributed by atoms with Crippen molar-refractivity contribution < 1.29 is 14.0 Å². The van der Waals surface area contributed by atoms with Crippen LogP contribution in [0.4, 0.5) is 5.69 Å². The zero-order valence-electron chi connectivity index (χ0n) is 31.7. The zero-order chi connectivity index (χ0) is 35.2. The molecule has 0 spiro atoms. The SMILES string of the molecule is C[Si](C)OC(CC(CCCCC1CCCCC1)C(C)(C)C)c1ccc(C(C)(C)C)c(NC(=O)CC2c3ccccc3Oc3ccccc32)c1. The highest BCUT2D eigenvalue weighted by atomic mass is 28.3. The lowest BCUT2D eigenvalue weighted by Gasteiger charge is -2.35. The fourth-order valence-corrected chi connectivity index (χ4v) is 8.94. The summed E-state index contributed by atoms with van der Waals surface area (Å²) in [6, 6.07) is 22.9. The molecule has 1 radical (unpaired) electrons. The molecule has 0 aromatic heterocycles. The molecular weight excluding hydrogens is 619 g/mol. The van der Waals surface area contributed by atoms with Gasteiger partial charge in [-0.05, 0) is 77.9 Å². The van der Waals surface area contributed by atoms with E-state index in [0.717, 1.165) is 46.2 Å². The van der Waals surface area contributed by atoms with Gasteiger partial charge in [0.05, 0.1) is 6.10 Å². The Balaban J connectivity index is 1.36. The Bertz CT molecular complexity index is 1480. The zero-order valence-corrected chi connectivity index (χ0v) is 32.7. The third kappa shape index (κ3) is 10.1. The van der Waals surface area contributed by atoms with E-state index in [1.165, 1.54) is 63.4 Å². The number of hydrogen-bond donors (Lipinski definition) is 1. The van der Waals surface area contributed by atoms with Crippen molar-refractivity contribution in [2.24, 2.45) is 17.3 Å². The van der Waals surface area contributed by atoms with Crippen LogP contribution in [0, 0.1) is 17.3 Å². The van der Waals surface area contributed by atoms with Gasteiger partial charge in [0.15, 0.2) is 0 Å². The van der Waals surface area contributed by atoms with Gasteiger partial charge in [-0.25, -0.2) is 0 Å². The molecule has 265 valence electrons. The Hall–Kier alpha value is -2.89. The van der Waals surface area contributed by atoms with Crippen molar-refractivity contribution in [2.75, 3.05) is 5.32 Å². The lowest BCUT2D eigenvalue weighted by molar-refractivity contribution is -0.116. The van der Waals surface area contributed by atoms with Crippen LogP contribution >= 0.6 is 0 Å². The molecule has 1 heterocycles. The Labute approximate surface area is 299 Å². The number of fused-ring (bicyclic) bond motifs is 2. The monoisotopic (exact) mass is 680 g/mol. The Kier molecular flexibility index (Phi) is 12.5. The third-order valence-electron chi connectivity index (χ3n) is 10.9. The molecule has 1 aliphatic carbocycles. The number of carbonyl (C=O) groups excluding carboxylic acids is 1. The molecular formula is C44H62NO3Si. The molecule has 2 aliphatic rings. The summed E-state index contributed by atoms with van der Waals surface area (Å²) in [5, 5.41) is 3.40. The number of anilines is 1. The predicted molar refractivity (Wildman–Crippen MR) is 207 cm³/mol. The topological polar surface area (TPSA) is 47.6 Å². The molecule has 1 fully saturated rings. The standard InChI is InChI=1S/C44H62NO3Si/c1-43(2,3)33(21-13-12-20-31-18-10-9-11-19-31)29-41(48-49(7)8)32-26-27-37(44(4,5)6)38(28-32)45-42(46)30-36-34-22-14-16-24-39(34)47-40-25-17-15-23-35(36)40/h14-17,22-28,31,33,36,41H,9-13,18-21,29-30H2,1-8H3,(H,45,46). The van der Waals surface area contributed by atoms with Crippen LogP contribution in [0.15, 0.2) is 66.7 Å². The summed E-state index contributed by atoms with van der Waals surface area (Å²) < 4.78 is 13.0. The highest BCUT2D eigenvalue weighted by Crippen LogP contribution is 2.46. The number of unbranched alkanes of at least 4 members (excludes halogenated alkanes) is 1. The second kappa shape index (κ2) is 16.4. The lowest BCUT2D eigenvalue weighted by Crippen LogP contribution is -2.26. The molecule has 2 unspecified atom stereocenters. The molecule has 1 N–H and O–H groups in total. The van der Waals surface area contributed by atoms with E-state index in [9.17, 15) is 4.79 Å². The molecule has 1 aliphatic heterocycles. The molecule has 2 atom stereocenters. The van der Waals surface area contributed by atoms with Crippen molar-refractivity contribution >= 4 is 20.6 Å². The molecule has 1 saturated carbocycles. The number of rotatable bonds is 13. The summed E-state index contributed by atoms with van der Waals surface area (Å²) in [6.07, 6.45) is 13.8. The van der Waals surface area contributed by atoms with Gasteiger partial charge in [-0.3, -0.25) is 4.79 Å². The summed E-state index contributed by atoms with van der Waals surface area (Å²) in [5.74, 6) is 3.10. The molecule has 0 bridgehead atoms. The van der Waals surface area contributed by atoms with Gasteiger partial charge in [0.25, 0.3) is 0 Å². The van der Waals surface area contributed by atoms with Gasteiger partial charge in [-0.15, -0.1) is 0 Å². The summed E-state index contributed by atoms with van der Waals surface area (Å²) >= 11 is 0. The van der Waals surface area contributed by atoms with Gasteiger partial charge in [-0.2, -0.15) is 0 Å². The lowest BCUT2D eigenvalue weighted by atomic mass is 9.73. The molecule has 3 aromatic carbocycles. The molecule has 0 saturated heterocycles. The second-order valence-corrected chi connectivity index (χ2v) is 19.2. The number of amides is 1. The highest BCUT2D eigenvalue weighted by Gasteiger charge is 2.32. The molecule has 4 nitrogen and oxygen atoms in total. The van der Waals surface area contributed by atoms with Crippen molar-refractivity contribution in [3.8, 4) is 11.5 Å². The fraction of sp³-hybridized carbons (Fsp3) is 0.568. The first-order valence-electron chi connectivity index (χ1n) is 19.1. The first kappa shape index (κ1) is 37.4. The maximum absolute atomic E-state index is 14.0. The quantitative estimate of drug-likeness (QED) is 0.144. The minimum absolute atomic E-state index is 0.00498. The number of ether oxygens (including phenoxy) is 1. The Morgan fingerprint density at radius 1 is 0.878 bits per heavy atom. The fourth-order valence-electron chi connectivity index (χ4n) is 8.13. The molecule has 5 rings (SSSR count). The van der Waals surface area contributed by atoms with E-state index < -0.39 is 9.04 Å². The molecule has 49 heavy (non-hydrogen) atoms. The van der Waals surface area contributed by atoms with Gasteiger partial charge in [-0.1, -0.05) is 141 Å². The highest BCUT2D eigenvalue weighted by molar-refractivity contribution is 6.48. The van der Waals surface area contributed by atoms with E-state index >= 15 is 0 Å². The van der Waals surface area contributed by atoms with Crippen LogP contribution in [0.5, 0.6) is 11.5 Å². The Morgan fingerprint density at radius 3 is 2.10 bits per heavy atom. The van der Waals surface area contributed by atoms with E-state index in [2.05, 4.69) is 90.3 Å². The molecule has 1 amide bonds. The van der Waals surface area contributed by atoms with Crippen LogP contribution < -0.4 is 10.1 Å². The predicted octanol–water partition coefficient (Wildman–Crippen LogP) is 12.8. The van der Waals surface area contributed by atoms with E-state index in [4.69, 9.17) is 9.16 Å². The van der Waals surface area contributed by atoms with E-state index in [0.29, 0.717) is 12.3 Å². The number of para-hydroxylation sites is 2. The largest absolute Gasteiger partial charge is 0.457 e.